The maximum absolute atomic E-state index is 12.5. The van der Waals surface area contributed by atoms with Crippen LogP contribution in [0.4, 0.5) is 5.69 Å². The Balaban J connectivity index is 1.74. The van der Waals surface area contributed by atoms with E-state index >= 15 is 0 Å². The van der Waals surface area contributed by atoms with Crippen LogP contribution >= 0.6 is 0 Å². The molecule has 1 aromatic rings. The number of aliphatic imine (C=N–C) groups is 1. The number of ether oxygens (including phenoxy) is 1. The maximum atomic E-state index is 12.5. The average Bonchev–Trinajstić information content (AvgIpc) is 2.62. The Kier molecular flexibility index (Phi) is 4.98. The summed E-state index contributed by atoms with van der Waals surface area (Å²) in [4.78, 5) is 31.0. The van der Waals surface area contributed by atoms with Gasteiger partial charge in [-0.05, 0) is 31.4 Å². The molecule has 128 valence electrons. The highest BCUT2D eigenvalue weighted by Crippen LogP contribution is 2.24. The van der Waals surface area contributed by atoms with Gasteiger partial charge in [0.2, 0.25) is 17.8 Å². The van der Waals surface area contributed by atoms with Crippen LogP contribution in [-0.4, -0.2) is 48.9 Å². The van der Waals surface area contributed by atoms with Gasteiger partial charge in [0, 0.05) is 13.1 Å². The van der Waals surface area contributed by atoms with Crippen molar-refractivity contribution >= 4 is 23.5 Å². The Hall–Kier alpha value is -2.57. The molecular formula is C17H22N4O3. The predicted molar refractivity (Wildman–Crippen MR) is 91.0 cm³/mol. The molecule has 0 aromatic heterocycles. The van der Waals surface area contributed by atoms with Crippen LogP contribution < -0.4 is 15.4 Å². The van der Waals surface area contributed by atoms with Gasteiger partial charge in [-0.3, -0.25) is 14.9 Å². The molecule has 0 saturated carbocycles. The Labute approximate surface area is 141 Å². The fraction of sp³-hybridized carbons (Fsp3) is 0.471. The monoisotopic (exact) mass is 330 g/mol. The lowest BCUT2D eigenvalue weighted by molar-refractivity contribution is -0.125. The van der Waals surface area contributed by atoms with E-state index in [-0.39, 0.29) is 18.2 Å². The number of methoxy groups -OCH3 is 1. The standard InChI is InChI=1S/C17H22N4O3/c1-24-14-8-4-3-7-12(14)18-16(23)13-11-15(22)20-17(19-13)21-9-5-2-6-10-21/h3-4,7-8,13H,2,5-6,9-11H2,1H3,(H,18,23)(H,19,20,22). The molecule has 0 radical (unpaired) electrons. The molecule has 1 unspecified atom stereocenters. The van der Waals surface area contributed by atoms with Crippen LogP contribution in [0, 0.1) is 0 Å². The summed E-state index contributed by atoms with van der Waals surface area (Å²) >= 11 is 0. The summed E-state index contributed by atoms with van der Waals surface area (Å²) in [5, 5.41) is 5.60. The molecule has 7 nitrogen and oxygen atoms in total. The van der Waals surface area contributed by atoms with Gasteiger partial charge in [-0.25, -0.2) is 4.99 Å². The zero-order valence-electron chi connectivity index (χ0n) is 13.7. The molecule has 1 fully saturated rings. The summed E-state index contributed by atoms with van der Waals surface area (Å²) in [6, 6.07) is 6.45. The summed E-state index contributed by atoms with van der Waals surface area (Å²) in [6.45, 7) is 1.72. The number of hydrogen-bond donors (Lipinski definition) is 2. The van der Waals surface area contributed by atoms with Crippen LogP contribution in [0.5, 0.6) is 5.75 Å². The maximum Gasteiger partial charge on any atom is 0.249 e. The van der Waals surface area contributed by atoms with Crippen molar-refractivity contribution in [3.8, 4) is 5.75 Å². The van der Waals surface area contributed by atoms with E-state index < -0.39 is 6.04 Å². The third kappa shape index (κ3) is 3.67. The number of nitrogens with one attached hydrogen (secondary N) is 2. The predicted octanol–water partition coefficient (Wildman–Crippen LogP) is 1.36. The van der Waals surface area contributed by atoms with Crippen molar-refractivity contribution in [2.75, 3.05) is 25.5 Å². The molecule has 24 heavy (non-hydrogen) atoms. The number of carbonyl (C=O) groups is 2. The van der Waals surface area contributed by atoms with Gasteiger partial charge in [0.15, 0.2) is 0 Å². The summed E-state index contributed by atoms with van der Waals surface area (Å²) in [6.07, 6.45) is 3.40. The van der Waals surface area contributed by atoms with Gasteiger partial charge in [-0.15, -0.1) is 0 Å². The molecule has 1 aromatic carbocycles. The van der Waals surface area contributed by atoms with Gasteiger partial charge in [0.25, 0.3) is 0 Å². The lowest BCUT2D eigenvalue weighted by atomic mass is 10.1. The Morgan fingerprint density at radius 1 is 1.29 bits per heavy atom. The second-order valence-electron chi connectivity index (χ2n) is 5.96. The zero-order chi connectivity index (χ0) is 16.9. The molecule has 2 amide bonds. The molecule has 2 N–H and O–H groups in total. The lowest BCUT2D eigenvalue weighted by Crippen LogP contribution is -2.51. The van der Waals surface area contributed by atoms with E-state index in [9.17, 15) is 9.59 Å². The molecule has 0 spiro atoms. The zero-order valence-corrected chi connectivity index (χ0v) is 13.7. The van der Waals surface area contributed by atoms with Crippen molar-refractivity contribution < 1.29 is 14.3 Å². The third-order valence-electron chi connectivity index (χ3n) is 4.23. The minimum absolute atomic E-state index is 0.0539. The van der Waals surface area contributed by atoms with Crippen molar-refractivity contribution in [2.45, 2.75) is 31.7 Å². The van der Waals surface area contributed by atoms with Crippen LogP contribution in [0.15, 0.2) is 29.3 Å². The molecule has 1 saturated heterocycles. The first-order valence-electron chi connectivity index (χ1n) is 8.24. The molecular weight excluding hydrogens is 308 g/mol. The first-order valence-corrected chi connectivity index (χ1v) is 8.24. The van der Waals surface area contributed by atoms with Gasteiger partial charge in [-0.2, -0.15) is 0 Å². The number of likely N-dealkylation sites (tertiary alicyclic amines) is 1. The fourth-order valence-corrected chi connectivity index (χ4v) is 2.96. The van der Waals surface area contributed by atoms with E-state index in [1.54, 1.807) is 19.2 Å². The summed E-state index contributed by atoms with van der Waals surface area (Å²) in [7, 11) is 1.55. The van der Waals surface area contributed by atoms with E-state index in [1.165, 1.54) is 6.42 Å². The van der Waals surface area contributed by atoms with Gasteiger partial charge in [0.1, 0.15) is 11.8 Å². The van der Waals surface area contributed by atoms with E-state index in [0.29, 0.717) is 17.4 Å². The number of anilines is 1. The topological polar surface area (TPSA) is 83.0 Å². The van der Waals surface area contributed by atoms with Crippen LogP contribution in [-0.2, 0) is 9.59 Å². The average molecular weight is 330 g/mol. The first-order chi connectivity index (χ1) is 11.7. The highest BCUT2D eigenvalue weighted by atomic mass is 16.5. The molecule has 0 bridgehead atoms. The Bertz CT molecular complexity index is 653. The van der Waals surface area contributed by atoms with Crippen molar-refractivity contribution in [2.24, 2.45) is 4.99 Å². The number of guanidine groups is 1. The van der Waals surface area contributed by atoms with Crippen molar-refractivity contribution in [3.05, 3.63) is 24.3 Å². The summed E-state index contributed by atoms with van der Waals surface area (Å²) in [5.74, 6) is 0.618. The van der Waals surface area contributed by atoms with E-state index in [0.717, 1.165) is 25.9 Å². The number of nitrogens with zero attached hydrogens (tertiary/aromatic N) is 2. The molecule has 3 rings (SSSR count). The van der Waals surface area contributed by atoms with Crippen LogP contribution in [0.3, 0.4) is 0 Å². The first kappa shape index (κ1) is 16.3. The molecule has 2 aliphatic rings. The number of para-hydroxylation sites is 2. The number of benzene rings is 1. The Morgan fingerprint density at radius 3 is 2.79 bits per heavy atom. The second kappa shape index (κ2) is 7.33. The number of hydrogen-bond acceptors (Lipinski definition) is 5. The van der Waals surface area contributed by atoms with Crippen molar-refractivity contribution in [3.63, 3.8) is 0 Å². The summed E-state index contributed by atoms with van der Waals surface area (Å²) < 4.78 is 5.23. The molecule has 1 atom stereocenters. The number of piperidine rings is 1. The minimum Gasteiger partial charge on any atom is -0.495 e. The van der Waals surface area contributed by atoms with Crippen LogP contribution in [0.2, 0.25) is 0 Å². The molecule has 7 heteroatoms. The Morgan fingerprint density at radius 2 is 2.04 bits per heavy atom. The lowest BCUT2D eigenvalue weighted by Gasteiger charge is -2.32. The molecule has 2 aliphatic heterocycles. The van der Waals surface area contributed by atoms with Gasteiger partial charge < -0.3 is 15.0 Å². The van der Waals surface area contributed by atoms with Crippen molar-refractivity contribution in [1.29, 1.82) is 0 Å². The highest BCUT2D eigenvalue weighted by Gasteiger charge is 2.30. The van der Waals surface area contributed by atoms with E-state index in [2.05, 4.69) is 15.6 Å². The third-order valence-corrected chi connectivity index (χ3v) is 4.23. The molecule has 2 heterocycles. The van der Waals surface area contributed by atoms with Crippen LogP contribution in [0.1, 0.15) is 25.7 Å². The normalized spacial score (nSPS) is 20.9. The summed E-state index contributed by atoms with van der Waals surface area (Å²) in [5.41, 5.74) is 0.575. The van der Waals surface area contributed by atoms with Crippen molar-refractivity contribution in [1.82, 2.24) is 10.2 Å². The smallest absolute Gasteiger partial charge is 0.249 e. The highest BCUT2D eigenvalue weighted by molar-refractivity contribution is 6.06. The number of carbonyl (C=O) groups excluding carboxylic acids is 2. The largest absolute Gasteiger partial charge is 0.495 e. The SMILES string of the molecule is COc1ccccc1NC(=O)C1CC(=O)NC(N2CCCCC2)=N1. The van der Waals surface area contributed by atoms with E-state index in [4.69, 9.17) is 4.74 Å². The molecule has 0 aliphatic carbocycles. The fourth-order valence-electron chi connectivity index (χ4n) is 2.96. The second-order valence-corrected chi connectivity index (χ2v) is 5.96. The van der Waals surface area contributed by atoms with Gasteiger partial charge >= 0.3 is 0 Å². The van der Waals surface area contributed by atoms with Gasteiger partial charge in [0.05, 0.1) is 19.2 Å². The number of amides is 2. The quantitative estimate of drug-likeness (QED) is 0.877. The minimum atomic E-state index is -0.722. The van der Waals surface area contributed by atoms with Crippen LogP contribution in [0.25, 0.3) is 0 Å². The number of rotatable bonds is 3. The van der Waals surface area contributed by atoms with E-state index in [1.807, 2.05) is 17.0 Å². The van der Waals surface area contributed by atoms with Gasteiger partial charge in [-0.1, -0.05) is 12.1 Å².